The molecule has 0 bridgehead atoms. The molecule has 0 fully saturated rings. The summed E-state index contributed by atoms with van der Waals surface area (Å²) >= 11 is 7.61. The summed E-state index contributed by atoms with van der Waals surface area (Å²) in [6, 6.07) is 25.9. The Morgan fingerprint density at radius 1 is 0.545 bits per heavy atom. The highest BCUT2D eigenvalue weighted by molar-refractivity contribution is 7.29. The SMILES string of the molecule is [C-]#[N+]/C(=C\c1sc(-c2sc(-c3sc(-c4sc(-c5ccc6c(c5)c5ccccc5n6CC)cc4CCCCCC)cc3CCCCCC)cc2CCCCCC)cc1CCCCCC)C(=O)O. The molecule has 7 rings (SSSR count). The zero-order chi connectivity index (χ0) is 46.4. The lowest BCUT2D eigenvalue weighted by atomic mass is 10.0. The smallest absolute Gasteiger partial charge is 0.333 e. The number of thiophene rings is 4. The predicted molar refractivity (Wildman–Crippen MR) is 292 cm³/mol. The first-order chi connectivity index (χ1) is 32.3. The molecule has 2 aromatic carbocycles. The van der Waals surface area contributed by atoms with E-state index in [2.05, 4.69) is 111 Å². The molecule has 5 aromatic heterocycles. The molecule has 7 aromatic rings. The summed E-state index contributed by atoms with van der Waals surface area (Å²) in [5.74, 6) is -1.16. The summed E-state index contributed by atoms with van der Waals surface area (Å²) in [5, 5.41) is 12.5. The number of para-hydroxylation sites is 1. The van der Waals surface area contributed by atoms with E-state index in [1.165, 1.54) is 167 Å². The number of rotatable bonds is 27. The van der Waals surface area contributed by atoms with Crippen LogP contribution in [0.1, 0.15) is 164 Å². The van der Waals surface area contributed by atoms with Gasteiger partial charge in [-0.2, -0.15) is 0 Å². The van der Waals surface area contributed by atoms with Crippen LogP contribution >= 0.6 is 45.3 Å². The maximum atomic E-state index is 12.1. The van der Waals surface area contributed by atoms with E-state index < -0.39 is 5.97 Å². The van der Waals surface area contributed by atoms with Crippen LogP contribution in [0.2, 0.25) is 0 Å². The first kappa shape index (κ1) is 49.6. The number of hydrogen-bond donors (Lipinski definition) is 1. The van der Waals surface area contributed by atoms with Crippen LogP contribution in [-0.4, -0.2) is 15.6 Å². The predicted octanol–water partition coefficient (Wildman–Crippen LogP) is 19.6. The van der Waals surface area contributed by atoms with Crippen molar-refractivity contribution in [3.8, 4) is 39.7 Å². The van der Waals surface area contributed by atoms with E-state index >= 15 is 0 Å². The summed E-state index contributed by atoms with van der Waals surface area (Å²) in [4.78, 5) is 25.9. The van der Waals surface area contributed by atoms with Crippen LogP contribution in [0.4, 0.5) is 0 Å². The molecule has 0 radical (unpaired) electrons. The van der Waals surface area contributed by atoms with Crippen molar-refractivity contribution >= 4 is 79.2 Å². The maximum Gasteiger partial charge on any atom is 0.333 e. The fourth-order valence-corrected chi connectivity index (χ4v) is 14.7. The van der Waals surface area contributed by atoms with E-state index in [9.17, 15) is 9.90 Å². The number of carboxylic acid groups (broad SMARTS) is 1. The van der Waals surface area contributed by atoms with E-state index in [0.717, 1.165) is 56.4 Å². The Kier molecular flexibility index (Phi) is 18.6. The number of fused-ring (bicyclic) bond motifs is 3. The molecular weight excluding hydrogens is 885 g/mol. The number of nitrogens with zero attached hydrogens (tertiary/aromatic N) is 2. The minimum atomic E-state index is -1.16. The number of aliphatic carboxylic acids is 1. The highest BCUT2D eigenvalue weighted by Crippen LogP contribution is 2.50. The van der Waals surface area contributed by atoms with Crippen LogP contribution in [0.25, 0.3) is 72.4 Å². The van der Waals surface area contributed by atoms with Crippen molar-refractivity contribution in [2.24, 2.45) is 0 Å². The second-order valence-electron chi connectivity index (χ2n) is 18.1. The Bertz CT molecular complexity index is 2760. The Labute approximate surface area is 411 Å². The molecule has 0 amide bonds. The highest BCUT2D eigenvalue weighted by Gasteiger charge is 2.23. The monoisotopic (exact) mass is 954 g/mol. The van der Waals surface area contributed by atoms with Gasteiger partial charge in [0.25, 0.3) is 5.70 Å². The van der Waals surface area contributed by atoms with Gasteiger partial charge in [-0.3, -0.25) is 4.79 Å². The first-order valence-corrected chi connectivity index (χ1v) is 28.4. The second-order valence-corrected chi connectivity index (χ2v) is 22.3. The normalized spacial score (nSPS) is 12.0. The van der Waals surface area contributed by atoms with E-state index in [-0.39, 0.29) is 5.70 Å². The lowest BCUT2D eigenvalue weighted by Gasteiger charge is -2.03. The lowest BCUT2D eigenvalue weighted by molar-refractivity contribution is -0.132. The third-order valence-corrected chi connectivity index (χ3v) is 18.4. The van der Waals surface area contributed by atoms with Gasteiger partial charge in [-0.25, -0.2) is 4.85 Å². The van der Waals surface area contributed by atoms with E-state index in [4.69, 9.17) is 6.57 Å². The molecule has 0 saturated carbocycles. The van der Waals surface area contributed by atoms with Gasteiger partial charge in [0, 0.05) is 67.4 Å². The molecule has 0 aliphatic rings. The van der Waals surface area contributed by atoms with Crippen LogP contribution < -0.4 is 0 Å². The molecule has 348 valence electrons. The van der Waals surface area contributed by atoms with Gasteiger partial charge in [0.1, 0.15) is 0 Å². The highest BCUT2D eigenvalue weighted by atomic mass is 32.1. The quantitative estimate of drug-likeness (QED) is 0.0317. The molecule has 0 aliphatic heterocycles. The van der Waals surface area contributed by atoms with Crippen molar-refractivity contribution in [1.29, 1.82) is 0 Å². The topological polar surface area (TPSA) is 46.6 Å². The fraction of sp³-hybridized carbons (Fsp3) is 0.448. The summed E-state index contributed by atoms with van der Waals surface area (Å²) < 4.78 is 2.45. The minimum Gasteiger partial charge on any atom is -0.486 e. The standard InChI is InChI=1S/C58H70N2O2S4/c1-7-12-16-20-26-40-35-52(63-51(40)39-47(59-6)58(61)62)55-43(28-22-18-14-9-3)37-54(65-55)57-44(29-23-19-15-10-4)38-53(66-57)56-42(27-21-17-13-8-2)36-50(64-56)41-32-33-49-46(34-41)45-30-24-25-31-48(45)60(49)11-5/h24-25,30-39H,7-23,26-29H2,1-5H3,(H,61,62)/b47-39-. The molecule has 0 atom stereocenters. The number of carboxylic acids is 1. The summed E-state index contributed by atoms with van der Waals surface area (Å²) in [5.41, 5.74) is 9.25. The molecule has 4 nitrogen and oxygen atoms in total. The van der Waals surface area contributed by atoms with Crippen molar-refractivity contribution in [2.75, 3.05) is 0 Å². The summed E-state index contributed by atoms with van der Waals surface area (Å²) in [6.07, 6.45) is 25.1. The Balaban J connectivity index is 1.33. The van der Waals surface area contributed by atoms with E-state index in [1.54, 1.807) is 17.4 Å². The van der Waals surface area contributed by atoms with Crippen LogP contribution in [-0.2, 0) is 37.0 Å². The van der Waals surface area contributed by atoms with Gasteiger partial charge >= 0.3 is 5.97 Å². The zero-order valence-electron chi connectivity index (χ0n) is 40.2. The molecule has 1 N–H and O–H groups in total. The van der Waals surface area contributed by atoms with Gasteiger partial charge in [0.15, 0.2) is 0 Å². The Hall–Kier alpha value is -4.26. The number of aryl methyl sites for hydroxylation is 5. The molecule has 0 aliphatic carbocycles. The average Bonchev–Trinajstić information content (AvgIpc) is 4.17. The fourth-order valence-electron chi connectivity index (χ4n) is 9.49. The van der Waals surface area contributed by atoms with Crippen molar-refractivity contribution in [3.05, 3.63) is 111 Å². The van der Waals surface area contributed by atoms with Crippen LogP contribution in [0.5, 0.6) is 0 Å². The van der Waals surface area contributed by atoms with Crippen molar-refractivity contribution in [1.82, 2.24) is 4.57 Å². The van der Waals surface area contributed by atoms with Gasteiger partial charge in [-0.05, 0) is 135 Å². The maximum absolute atomic E-state index is 12.1. The molecule has 66 heavy (non-hydrogen) atoms. The minimum absolute atomic E-state index is 0.213. The number of aromatic nitrogens is 1. The van der Waals surface area contributed by atoms with E-state index in [0.29, 0.717) is 0 Å². The summed E-state index contributed by atoms with van der Waals surface area (Å²) in [7, 11) is 0. The summed E-state index contributed by atoms with van der Waals surface area (Å²) in [6.45, 7) is 19.9. The van der Waals surface area contributed by atoms with Crippen molar-refractivity contribution in [3.63, 3.8) is 0 Å². The molecule has 0 saturated heterocycles. The van der Waals surface area contributed by atoms with Crippen LogP contribution in [0.15, 0.2) is 72.4 Å². The van der Waals surface area contributed by atoms with Gasteiger partial charge in [-0.15, -0.1) is 45.3 Å². The number of carbonyl (C=O) groups is 1. The Morgan fingerprint density at radius 3 is 1.50 bits per heavy atom. The molecule has 0 unspecified atom stereocenters. The molecule has 0 spiro atoms. The third-order valence-electron chi connectivity index (χ3n) is 13.1. The van der Waals surface area contributed by atoms with Crippen LogP contribution in [0.3, 0.4) is 0 Å². The number of benzene rings is 2. The second kappa shape index (κ2) is 24.7. The lowest BCUT2D eigenvalue weighted by Crippen LogP contribution is -1.95. The van der Waals surface area contributed by atoms with Crippen molar-refractivity contribution in [2.45, 2.75) is 170 Å². The number of hydrogen-bond acceptors (Lipinski definition) is 5. The van der Waals surface area contributed by atoms with E-state index in [1.807, 2.05) is 34.0 Å². The first-order valence-electron chi connectivity index (χ1n) is 25.2. The van der Waals surface area contributed by atoms with Gasteiger partial charge < -0.3 is 9.67 Å². The van der Waals surface area contributed by atoms with Gasteiger partial charge in [-0.1, -0.05) is 129 Å². The van der Waals surface area contributed by atoms with Crippen LogP contribution in [0, 0.1) is 6.57 Å². The third kappa shape index (κ3) is 11.9. The average molecular weight is 955 g/mol. The zero-order valence-corrected chi connectivity index (χ0v) is 43.4. The molecule has 8 heteroatoms. The molecule has 5 heterocycles. The van der Waals surface area contributed by atoms with Crippen molar-refractivity contribution < 1.29 is 9.90 Å². The number of unbranched alkanes of at least 4 members (excludes halogenated alkanes) is 12. The largest absolute Gasteiger partial charge is 0.486 e. The van der Waals surface area contributed by atoms with Gasteiger partial charge in [0.05, 0.1) is 6.57 Å². The van der Waals surface area contributed by atoms with Gasteiger partial charge in [0.2, 0.25) is 0 Å². The molecular formula is C58H70N2O2S4. The Morgan fingerprint density at radius 2 is 1.00 bits per heavy atom.